The Labute approximate surface area is 224 Å². The standard InChI is InChI=1S/C25H25Cl2N3O5.ClH/c26-19-5-4-16(10-20(19)27)15-6-8-30(9-7-15)12-17(32)14-33-21-2-1-3-22-18(21)11-23(34-22)25-29-28-24(13-31)35-25;/h1-5,10-11,15,17,31-32H,6-9,12-14H2;1H/t17-;/m0./s1. The number of likely N-dealkylation sites (tertiary alicyclic amines) is 1. The quantitative estimate of drug-likeness (QED) is 0.301. The van der Waals surface area contributed by atoms with E-state index in [2.05, 4.69) is 15.1 Å². The van der Waals surface area contributed by atoms with E-state index in [9.17, 15) is 5.11 Å². The molecule has 1 aliphatic heterocycles. The minimum Gasteiger partial charge on any atom is -0.490 e. The van der Waals surface area contributed by atoms with Crippen LogP contribution >= 0.6 is 35.6 Å². The van der Waals surface area contributed by atoms with Crippen LogP contribution in [0.4, 0.5) is 0 Å². The Morgan fingerprint density at radius 3 is 2.58 bits per heavy atom. The summed E-state index contributed by atoms with van der Waals surface area (Å²) >= 11 is 12.2. The molecule has 36 heavy (non-hydrogen) atoms. The van der Waals surface area contributed by atoms with Crippen molar-refractivity contribution in [3.05, 3.63) is 64.0 Å². The number of β-amino-alcohol motifs (C(OH)–C–C–N with tert-alkyl or cyclic N) is 1. The fourth-order valence-corrected chi connectivity index (χ4v) is 4.74. The number of benzene rings is 2. The summed E-state index contributed by atoms with van der Waals surface area (Å²) in [5.74, 6) is 1.71. The second-order valence-corrected chi connectivity index (χ2v) is 9.47. The Morgan fingerprint density at radius 1 is 1.06 bits per heavy atom. The molecule has 2 aromatic heterocycles. The molecular formula is C25H26Cl3N3O5. The van der Waals surface area contributed by atoms with E-state index >= 15 is 0 Å². The lowest BCUT2D eigenvalue weighted by atomic mass is 9.89. The molecule has 0 bridgehead atoms. The normalized spacial score (nSPS) is 15.7. The summed E-state index contributed by atoms with van der Waals surface area (Å²) in [6.07, 6.45) is 1.35. The van der Waals surface area contributed by atoms with E-state index < -0.39 is 6.10 Å². The minimum atomic E-state index is -0.638. The number of aromatic nitrogens is 2. The molecule has 1 saturated heterocycles. The van der Waals surface area contributed by atoms with Crippen molar-refractivity contribution in [1.82, 2.24) is 15.1 Å². The van der Waals surface area contributed by atoms with Gasteiger partial charge in [0.1, 0.15) is 30.7 Å². The third-order valence-corrected chi connectivity index (χ3v) is 6.98. The molecule has 3 heterocycles. The van der Waals surface area contributed by atoms with E-state index in [0.717, 1.165) is 31.3 Å². The summed E-state index contributed by atoms with van der Waals surface area (Å²) in [4.78, 5) is 2.26. The molecule has 11 heteroatoms. The van der Waals surface area contributed by atoms with Gasteiger partial charge in [0.2, 0.25) is 5.89 Å². The molecule has 0 radical (unpaired) electrons. The molecule has 0 aliphatic carbocycles. The number of piperidine rings is 1. The van der Waals surface area contributed by atoms with Crippen LogP contribution in [0.1, 0.15) is 30.2 Å². The van der Waals surface area contributed by atoms with E-state index in [1.165, 1.54) is 5.56 Å². The number of furan rings is 1. The van der Waals surface area contributed by atoms with Crippen LogP contribution in [0.25, 0.3) is 22.6 Å². The molecule has 4 aromatic rings. The maximum absolute atomic E-state index is 10.6. The first-order chi connectivity index (χ1) is 17.0. The Morgan fingerprint density at radius 2 is 1.86 bits per heavy atom. The largest absolute Gasteiger partial charge is 0.490 e. The summed E-state index contributed by atoms with van der Waals surface area (Å²) < 4.78 is 17.1. The number of ether oxygens (including phenoxy) is 1. The SMILES string of the molecule is Cl.OCc1nnc(-c2cc3c(OC[C@@H](O)CN4CCC(c5ccc(Cl)c(Cl)c5)CC4)cccc3o2)o1. The zero-order chi connectivity index (χ0) is 24.4. The van der Waals surface area contributed by atoms with Crippen molar-refractivity contribution in [3.63, 3.8) is 0 Å². The molecule has 0 saturated carbocycles. The molecule has 1 fully saturated rings. The smallest absolute Gasteiger partial charge is 0.283 e. The second-order valence-electron chi connectivity index (χ2n) is 8.65. The van der Waals surface area contributed by atoms with Crippen molar-refractivity contribution in [3.8, 4) is 17.4 Å². The van der Waals surface area contributed by atoms with Crippen LogP contribution in [0, 0.1) is 0 Å². The highest BCUT2D eigenvalue weighted by Gasteiger charge is 2.23. The van der Waals surface area contributed by atoms with Gasteiger partial charge in [0.05, 0.1) is 15.4 Å². The number of hydrogen-bond donors (Lipinski definition) is 2. The van der Waals surface area contributed by atoms with E-state index in [-0.39, 0.29) is 37.4 Å². The Kier molecular flexibility index (Phi) is 8.77. The van der Waals surface area contributed by atoms with E-state index in [1.807, 2.05) is 36.4 Å². The van der Waals surface area contributed by atoms with Gasteiger partial charge < -0.3 is 28.7 Å². The van der Waals surface area contributed by atoms with Crippen LogP contribution < -0.4 is 4.74 Å². The van der Waals surface area contributed by atoms with Crippen molar-refractivity contribution in [2.24, 2.45) is 0 Å². The molecule has 1 atom stereocenters. The van der Waals surface area contributed by atoms with Crippen LogP contribution in [0.15, 0.2) is 51.3 Å². The molecular weight excluding hydrogens is 529 g/mol. The summed E-state index contributed by atoms with van der Waals surface area (Å²) in [5, 5.41) is 29.3. The van der Waals surface area contributed by atoms with Gasteiger partial charge in [-0.15, -0.1) is 22.6 Å². The number of aliphatic hydroxyl groups is 2. The van der Waals surface area contributed by atoms with Crippen LogP contribution in [0.3, 0.4) is 0 Å². The monoisotopic (exact) mass is 553 g/mol. The predicted molar refractivity (Wildman–Crippen MR) is 139 cm³/mol. The van der Waals surface area contributed by atoms with Gasteiger partial charge in [-0.05, 0) is 61.7 Å². The number of fused-ring (bicyclic) bond motifs is 1. The van der Waals surface area contributed by atoms with Crippen LogP contribution in [0.2, 0.25) is 10.0 Å². The number of hydrogen-bond acceptors (Lipinski definition) is 8. The van der Waals surface area contributed by atoms with E-state index in [0.29, 0.717) is 39.6 Å². The van der Waals surface area contributed by atoms with Gasteiger partial charge in [-0.2, -0.15) is 0 Å². The lowest BCUT2D eigenvalue weighted by Gasteiger charge is -2.33. The molecule has 192 valence electrons. The van der Waals surface area contributed by atoms with Gasteiger partial charge in [-0.3, -0.25) is 0 Å². The molecule has 2 aromatic carbocycles. The molecule has 5 rings (SSSR count). The molecule has 0 amide bonds. The molecule has 1 aliphatic rings. The third kappa shape index (κ3) is 5.96. The highest BCUT2D eigenvalue weighted by molar-refractivity contribution is 6.42. The first kappa shape index (κ1) is 26.7. The highest BCUT2D eigenvalue weighted by Crippen LogP contribution is 2.34. The van der Waals surface area contributed by atoms with Crippen molar-refractivity contribution in [1.29, 1.82) is 0 Å². The lowest BCUT2D eigenvalue weighted by molar-refractivity contribution is 0.0599. The van der Waals surface area contributed by atoms with E-state index in [4.69, 9.17) is 41.9 Å². The molecule has 0 spiro atoms. The predicted octanol–water partition coefficient (Wildman–Crippen LogP) is 5.32. The second kappa shape index (κ2) is 11.8. The summed E-state index contributed by atoms with van der Waals surface area (Å²) in [6, 6.07) is 13.1. The van der Waals surface area contributed by atoms with Gasteiger partial charge in [-0.1, -0.05) is 35.3 Å². The van der Waals surface area contributed by atoms with Gasteiger partial charge >= 0.3 is 0 Å². The summed E-state index contributed by atoms with van der Waals surface area (Å²) in [5.41, 5.74) is 1.81. The first-order valence-electron chi connectivity index (χ1n) is 11.4. The van der Waals surface area contributed by atoms with E-state index in [1.54, 1.807) is 6.07 Å². The first-order valence-corrected chi connectivity index (χ1v) is 12.2. The van der Waals surface area contributed by atoms with Crippen molar-refractivity contribution >= 4 is 46.6 Å². The molecule has 2 N–H and O–H groups in total. The highest BCUT2D eigenvalue weighted by atomic mass is 35.5. The number of nitrogens with zero attached hydrogens (tertiary/aromatic N) is 3. The molecule has 0 unspecified atom stereocenters. The Bertz CT molecular complexity index is 1300. The Balaban J connectivity index is 0.00000304. The van der Waals surface area contributed by atoms with Crippen LogP contribution in [-0.4, -0.2) is 57.7 Å². The summed E-state index contributed by atoms with van der Waals surface area (Å²) in [7, 11) is 0. The van der Waals surface area contributed by atoms with Crippen molar-refractivity contribution < 1.29 is 23.8 Å². The average Bonchev–Trinajstić information content (AvgIpc) is 3.52. The topological polar surface area (TPSA) is 105 Å². The fraction of sp³-hybridized carbons (Fsp3) is 0.360. The van der Waals surface area contributed by atoms with Crippen LogP contribution in [0.5, 0.6) is 5.75 Å². The van der Waals surface area contributed by atoms with Crippen molar-refractivity contribution in [2.75, 3.05) is 26.2 Å². The maximum Gasteiger partial charge on any atom is 0.283 e. The van der Waals surface area contributed by atoms with Gasteiger partial charge in [0, 0.05) is 12.6 Å². The fourth-order valence-electron chi connectivity index (χ4n) is 4.43. The minimum absolute atomic E-state index is 0. The summed E-state index contributed by atoms with van der Waals surface area (Å²) in [6.45, 7) is 2.13. The maximum atomic E-state index is 10.6. The van der Waals surface area contributed by atoms with Gasteiger partial charge in [0.25, 0.3) is 5.89 Å². The van der Waals surface area contributed by atoms with Crippen molar-refractivity contribution in [2.45, 2.75) is 31.5 Å². The molecule has 8 nitrogen and oxygen atoms in total. The number of rotatable bonds is 8. The van der Waals surface area contributed by atoms with Gasteiger partial charge in [-0.25, -0.2) is 0 Å². The Hall–Kier alpha value is -2.33. The zero-order valence-corrected chi connectivity index (χ0v) is 21.6. The zero-order valence-electron chi connectivity index (χ0n) is 19.3. The lowest BCUT2D eigenvalue weighted by Crippen LogP contribution is -2.40. The third-order valence-electron chi connectivity index (χ3n) is 6.24. The number of aliphatic hydroxyl groups excluding tert-OH is 2. The average molecular weight is 555 g/mol. The van der Waals surface area contributed by atoms with Crippen LogP contribution in [-0.2, 0) is 6.61 Å². The number of halogens is 3. The van der Waals surface area contributed by atoms with Gasteiger partial charge in [0.15, 0.2) is 5.76 Å².